The fourth-order valence-corrected chi connectivity index (χ4v) is 4.09. The van der Waals surface area contributed by atoms with Crippen molar-refractivity contribution in [2.45, 2.75) is 25.3 Å². The first-order valence-corrected chi connectivity index (χ1v) is 9.46. The summed E-state index contributed by atoms with van der Waals surface area (Å²) in [5, 5.41) is 1.09. The molecule has 1 atom stereocenters. The molecule has 1 N–H and O–H groups in total. The van der Waals surface area contributed by atoms with Crippen LogP contribution in [-0.2, 0) is 6.54 Å². The average Bonchev–Trinajstić information content (AvgIpc) is 3.38. The first-order valence-electron chi connectivity index (χ1n) is 9.46. The molecule has 0 radical (unpaired) electrons. The van der Waals surface area contributed by atoms with Gasteiger partial charge in [0, 0.05) is 44.1 Å². The topological polar surface area (TPSA) is 62.6 Å². The van der Waals surface area contributed by atoms with E-state index in [0.717, 1.165) is 49.3 Å². The lowest BCUT2D eigenvalue weighted by molar-refractivity contribution is 0.475. The number of nitrogens with zero attached hydrogens (tertiary/aromatic N) is 5. The number of nitrogens with one attached hydrogen (secondary N) is 1. The highest BCUT2D eigenvalue weighted by atomic mass is 15.2. The second-order valence-electron chi connectivity index (χ2n) is 7.12. The van der Waals surface area contributed by atoms with Gasteiger partial charge >= 0.3 is 0 Å². The summed E-state index contributed by atoms with van der Waals surface area (Å²) in [6.45, 7) is 2.82. The molecule has 0 unspecified atom stereocenters. The standard InChI is InChI=1S/C21H22N6/c1-2-5-16(6-3-1)13-27-12-10-23-20(27)17-7-4-11-26(14-17)21-18-8-9-22-19(18)24-15-25-21/h1-3,5-6,8-10,12,15,17H,4,7,11,13-14H2,(H,22,24,25)/t17-/m0/s1. The molecule has 6 heteroatoms. The summed E-state index contributed by atoms with van der Waals surface area (Å²) in [7, 11) is 0. The molecule has 0 amide bonds. The molecule has 5 rings (SSSR count). The monoisotopic (exact) mass is 358 g/mol. The quantitative estimate of drug-likeness (QED) is 0.606. The highest BCUT2D eigenvalue weighted by Crippen LogP contribution is 2.31. The van der Waals surface area contributed by atoms with Gasteiger partial charge in [0.05, 0.1) is 5.39 Å². The van der Waals surface area contributed by atoms with Gasteiger partial charge in [-0.1, -0.05) is 30.3 Å². The van der Waals surface area contributed by atoms with E-state index >= 15 is 0 Å². The zero-order valence-corrected chi connectivity index (χ0v) is 15.1. The van der Waals surface area contributed by atoms with Crippen LogP contribution in [0.5, 0.6) is 0 Å². The minimum absolute atomic E-state index is 0.404. The molecular formula is C21H22N6. The molecule has 1 saturated heterocycles. The number of anilines is 1. The number of fused-ring (bicyclic) bond motifs is 1. The van der Waals surface area contributed by atoms with E-state index in [1.807, 2.05) is 12.4 Å². The van der Waals surface area contributed by atoms with Crippen LogP contribution < -0.4 is 4.90 Å². The lowest BCUT2D eigenvalue weighted by atomic mass is 9.96. The molecule has 0 bridgehead atoms. The van der Waals surface area contributed by atoms with E-state index in [1.54, 1.807) is 6.33 Å². The molecule has 136 valence electrons. The fourth-order valence-electron chi connectivity index (χ4n) is 4.09. The Balaban J connectivity index is 1.41. The van der Waals surface area contributed by atoms with Crippen LogP contribution >= 0.6 is 0 Å². The average molecular weight is 358 g/mol. The maximum absolute atomic E-state index is 4.71. The Morgan fingerprint density at radius 3 is 2.93 bits per heavy atom. The van der Waals surface area contributed by atoms with Crippen molar-refractivity contribution in [2.75, 3.05) is 18.0 Å². The predicted molar refractivity (Wildman–Crippen MR) is 106 cm³/mol. The fraction of sp³-hybridized carbons (Fsp3) is 0.286. The maximum atomic E-state index is 4.71. The van der Waals surface area contributed by atoms with Gasteiger partial charge in [0.25, 0.3) is 0 Å². The summed E-state index contributed by atoms with van der Waals surface area (Å²) >= 11 is 0. The molecule has 3 aromatic heterocycles. The van der Waals surface area contributed by atoms with Crippen molar-refractivity contribution in [3.63, 3.8) is 0 Å². The molecule has 1 aromatic carbocycles. The SMILES string of the molecule is c1ccc(Cn2ccnc2[C@H]2CCCN(c3ncnc4[nH]ccc34)C2)cc1. The summed E-state index contributed by atoms with van der Waals surface area (Å²) in [5.74, 6) is 2.59. The van der Waals surface area contributed by atoms with Crippen LogP contribution in [0.4, 0.5) is 5.82 Å². The van der Waals surface area contributed by atoms with E-state index in [2.05, 4.69) is 67.0 Å². The zero-order valence-electron chi connectivity index (χ0n) is 15.1. The third-order valence-electron chi connectivity index (χ3n) is 5.36. The van der Waals surface area contributed by atoms with Crippen molar-refractivity contribution in [3.8, 4) is 0 Å². The Bertz CT molecular complexity index is 1030. The van der Waals surface area contributed by atoms with E-state index < -0.39 is 0 Å². The van der Waals surface area contributed by atoms with Crippen LogP contribution in [0.15, 0.2) is 61.3 Å². The van der Waals surface area contributed by atoms with Gasteiger partial charge in [-0.2, -0.15) is 0 Å². The number of hydrogen-bond acceptors (Lipinski definition) is 4. The summed E-state index contributed by atoms with van der Waals surface area (Å²) in [5.41, 5.74) is 2.20. The predicted octanol–water partition coefficient (Wildman–Crippen LogP) is 3.59. The first-order chi connectivity index (χ1) is 13.4. The van der Waals surface area contributed by atoms with Crippen molar-refractivity contribution < 1.29 is 0 Å². The number of H-pyrrole nitrogens is 1. The van der Waals surface area contributed by atoms with Gasteiger partial charge in [-0.05, 0) is 24.5 Å². The van der Waals surface area contributed by atoms with Crippen LogP contribution in [0.25, 0.3) is 11.0 Å². The van der Waals surface area contributed by atoms with Crippen LogP contribution in [0.3, 0.4) is 0 Å². The lowest BCUT2D eigenvalue weighted by Gasteiger charge is -2.33. The second kappa shape index (κ2) is 6.87. The normalized spacial score (nSPS) is 17.5. The number of imidazole rings is 1. The molecule has 0 spiro atoms. The maximum Gasteiger partial charge on any atom is 0.142 e. The van der Waals surface area contributed by atoms with Gasteiger partial charge in [-0.3, -0.25) is 0 Å². The summed E-state index contributed by atoms with van der Waals surface area (Å²) in [6, 6.07) is 12.6. The van der Waals surface area contributed by atoms with Gasteiger partial charge in [-0.25, -0.2) is 15.0 Å². The number of rotatable bonds is 4. The smallest absolute Gasteiger partial charge is 0.142 e. The minimum Gasteiger partial charge on any atom is -0.355 e. The Hall–Kier alpha value is -3.15. The lowest BCUT2D eigenvalue weighted by Crippen LogP contribution is -2.36. The summed E-state index contributed by atoms with van der Waals surface area (Å²) in [6.07, 6.45) is 9.88. The van der Waals surface area contributed by atoms with Crippen LogP contribution in [0.1, 0.15) is 30.1 Å². The third-order valence-corrected chi connectivity index (χ3v) is 5.36. The molecule has 0 saturated carbocycles. The highest BCUT2D eigenvalue weighted by molar-refractivity contribution is 5.87. The van der Waals surface area contributed by atoms with Crippen molar-refractivity contribution >= 4 is 16.9 Å². The molecule has 4 aromatic rings. The van der Waals surface area contributed by atoms with Crippen molar-refractivity contribution in [2.24, 2.45) is 0 Å². The molecule has 1 aliphatic heterocycles. The zero-order chi connectivity index (χ0) is 18.1. The van der Waals surface area contributed by atoms with E-state index in [0.29, 0.717) is 5.92 Å². The Morgan fingerprint density at radius 1 is 1.07 bits per heavy atom. The largest absolute Gasteiger partial charge is 0.355 e. The summed E-state index contributed by atoms with van der Waals surface area (Å²) in [4.78, 5) is 19.2. The van der Waals surface area contributed by atoms with Crippen molar-refractivity contribution in [3.05, 3.63) is 72.7 Å². The number of aromatic amines is 1. The number of piperidine rings is 1. The Labute approximate surface area is 157 Å². The third kappa shape index (κ3) is 3.07. The molecule has 27 heavy (non-hydrogen) atoms. The van der Waals surface area contributed by atoms with Gasteiger partial charge in [0.15, 0.2) is 0 Å². The summed E-state index contributed by atoms with van der Waals surface area (Å²) < 4.78 is 2.29. The van der Waals surface area contributed by atoms with Gasteiger partial charge < -0.3 is 14.5 Å². The molecule has 1 fully saturated rings. The molecular weight excluding hydrogens is 336 g/mol. The molecule has 4 heterocycles. The Morgan fingerprint density at radius 2 is 2.00 bits per heavy atom. The van der Waals surface area contributed by atoms with E-state index in [4.69, 9.17) is 4.98 Å². The van der Waals surface area contributed by atoms with Crippen LogP contribution in [0, 0.1) is 0 Å². The van der Waals surface area contributed by atoms with E-state index in [-0.39, 0.29) is 0 Å². The van der Waals surface area contributed by atoms with Crippen LogP contribution in [0.2, 0.25) is 0 Å². The van der Waals surface area contributed by atoms with Gasteiger partial charge in [0.2, 0.25) is 0 Å². The molecule has 0 aliphatic carbocycles. The van der Waals surface area contributed by atoms with Crippen LogP contribution in [-0.4, -0.2) is 37.6 Å². The van der Waals surface area contributed by atoms with Gasteiger partial charge in [-0.15, -0.1) is 0 Å². The molecule has 1 aliphatic rings. The van der Waals surface area contributed by atoms with Crippen molar-refractivity contribution in [1.29, 1.82) is 0 Å². The van der Waals surface area contributed by atoms with E-state index in [1.165, 1.54) is 11.4 Å². The van der Waals surface area contributed by atoms with Gasteiger partial charge in [0.1, 0.15) is 23.6 Å². The minimum atomic E-state index is 0.404. The number of benzene rings is 1. The van der Waals surface area contributed by atoms with Crippen molar-refractivity contribution in [1.82, 2.24) is 24.5 Å². The number of aromatic nitrogens is 5. The van der Waals surface area contributed by atoms with E-state index in [9.17, 15) is 0 Å². The second-order valence-corrected chi connectivity index (χ2v) is 7.12. The highest BCUT2D eigenvalue weighted by Gasteiger charge is 2.26. The number of hydrogen-bond donors (Lipinski definition) is 1. The molecule has 6 nitrogen and oxygen atoms in total. The Kier molecular flexibility index (Phi) is 4.08. The first kappa shape index (κ1) is 16.1.